The van der Waals surface area contributed by atoms with Crippen LogP contribution in [0.15, 0.2) is 18.2 Å². The minimum Gasteiger partial charge on any atom is -0.479 e. The van der Waals surface area contributed by atoms with E-state index in [-0.39, 0.29) is 0 Å². The summed E-state index contributed by atoms with van der Waals surface area (Å²) in [6.45, 7) is 2.14. The molecular weight excluding hydrogens is 228 g/mol. The van der Waals surface area contributed by atoms with Crippen molar-refractivity contribution in [3.05, 3.63) is 28.8 Å². The Labute approximate surface area is 99.5 Å². The van der Waals surface area contributed by atoms with E-state index >= 15 is 0 Å². The predicted octanol–water partition coefficient (Wildman–Crippen LogP) is 1.09. The third kappa shape index (κ3) is 3.40. The van der Waals surface area contributed by atoms with Gasteiger partial charge in [0, 0.05) is 0 Å². The third-order valence-corrected chi connectivity index (χ3v) is 2.43. The average Bonchev–Trinajstić information content (AvgIpc) is 2.22. The first-order valence-electron chi connectivity index (χ1n) is 4.99. The summed E-state index contributed by atoms with van der Waals surface area (Å²) in [4.78, 5) is 10.8. The fraction of sp³-hybridized carbons (Fsp3) is 0.364. The van der Waals surface area contributed by atoms with Crippen molar-refractivity contribution in [1.29, 1.82) is 0 Å². The molecule has 88 valence electrons. The Morgan fingerprint density at radius 1 is 1.56 bits per heavy atom. The lowest BCUT2D eigenvalue weighted by Crippen LogP contribution is -2.30. The van der Waals surface area contributed by atoms with Crippen LogP contribution in [0, 0.1) is 0 Å². The number of primary amides is 1. The molecule has 0 bridgehead atoms. The minimum atomic E-state index is -0.696. The lowest BCUT2D eigenvalue weighted by atomic mass is 10.1. The van der Waals surface area contributed by atoms with Gasteiger partial charge in [0.2, 0.25) is 0 Å². The van der Waals surface area contributed by atoms with E-state index in [2.05, 4.69) is 0 Å². The van der Waals surface area contributed by atoms with Crippen LogP contribution < -0.4 is 16.2 Å². The number of rotatable bonds is 5. The molecule has 1 aromatic carbocycles. The van der Waals surface area contributed by atoms with Crippen LogP contribution in [0.2, 0.25) is 5.02 Å². The molecule has 0 aromatic heterocycles. The van der Waals surface area contributed by atoms with E-state index in [1.807, 2.05) is 6.07 Å². The molecule has 4 nitrogen and oxygen atoms in total. The average molecular weight is 243 g/mol. The van der Waals surface area contributed by atoms with Gasteiger partial charge in [-0.05, 0) is 37.6 Å². The maximum absolute atomic E-state index is 10.8. The highest BCUT2D eigenvalue weighted by atomic mass is 35.5. The smallest absolute Gasteiger partial charge is 0.258 e. The number of hydrogen-bond acceptors (Lipinski definition) is 3. The summed E-state index contributed by atoms with van der Waals surface area (Å²) in [6, 6.07) is 5.35. The number of amides is 1. The molecular formula is C11H15ClN2O2. The zero-order valence-corrected chi connectivity index (χ0v) is 9.83. The van der Waals surface area contributed by atoms with Crippen LogP contribution in [0.5, 0.6) is 5.75 Å². The van der Waals surface area contributed by atoms with Crippen LogP contribution in [0.25, 0.3) is 0 Å². The third-order valence-electron chi connectivity index (χ3n) is 2.13. The molecule has 4 N–H and O–H groups in total. The van der Waals surface area contributed by atoms with Gasteiger partial charge in [0.1, 0.15) is 5.75 Å². The lowest BCUT2D eigenvalue weighted by molar-refractivity contribution is -0.123. The van der Waals surface area contributed by atoms with Gasteiger partial charge in [0.25, 0.3) is 5.91 Å². The number of benzene rings is 1. The molecule has 0 saturated carbocycles. The first-order valence-corrected chi connectivity index (χ1v) is 5.37. The molecule has 0 radical (unpaired) electrons. The standard InChI is InChI=1S/C11H15ClN2O2/c1-7(11(14)15)16-10-3-2-8(4-5-13)6-9(10)12/h2-3,6-7H,4-5,13H2,1H3,(H2,14,15). The predicted molar refractivity (Wildman–Crippen MR) is 63.5 cm³/mol. The number of carbonyl (C=O) groups is 1. The van der Waals surface area contributed by atoms with Crippen LogP contribution in [0.3, 0.4) is 0 Å². The molecule has 1 atom stereocenters. The van der Waals surface area contributed by atoms with Crippen LogP contribution in [-0.4, -0.2) is 18.6 Å². The maximum Gasteiger partial charge on any atom is 0.258 e. The van der Waals surface area contributed by atoms with E-state index < -0.39 is 12.0 Å². The van der Waals surface area contributed by atoms with Gasteiger partial charge >= 0.3 is 0 Å². The Hall–Kier alpha value is -1.26. The Bertz CT molecular complexity index is 382. The first kappa shape index (κ1) is 12.8. The molecule has 1 amide bonds. The SMILES string of the molecule is CC(Oc1ccc(CCN)cc1Cl)C(N)=O. The van der Waals surface area contributed by atoms with Crippen LogP contribution in [-0.2, 0) is 11.2 Å². The summed E-state index contributed by atoms with van der Waals surface area (Å²) in [7, 11) is 0. The fourth-order valence-corrected chi connectivity index (χ4v) is 1.46. The molecule has 0 aliphatic carbocycles. The molecule has 0 aliphatic heterocycles. The van der Waals surface area contributed by atoms with Crippen molar-refractivity contribution in [1.82, 2.24) is 0 Å². The van der Waals surface area contributed by atoms with Gasteiger partial charge in [0.05, 0.1) is 5.02 Å². The van der Waals surface area contributed by atoms with Crippen molar-refractivity contribution >= 4 is 17.5 Å². The van der Waals surface area contributed by atoms with Gasteiger partial charge in [0.15, 0.2) is 6.10 Å². The van der Waals surface area contributed by atoms with E-state index in [4.69, 9.17) is 27.8 Å². The van der Waals surface area contributed by atoms with Gasteiger partial charge in [-0.3, -0.25) is 4.79 Å². The fourth-order valence-electron chi connectivity index (χ4n) is 1.21. The monoisotopic (exact) mass is 242 g/mol. The van der Waals surface area contributed by atoms with E-state index in [0.717, 1.165) is 12.0 Å². The summed E-state index contributed by atoms with van der Waals surface area (Å²) >= 11 is 6.00. The summed E-state index contributed by atoms with van der Waals surface area (Å²) in [5.74, 6) is -0.0733. The normalized spacial score (nSPS) is 12.2. The summed E-state index contributed by atoms with van der Waals surface area (Å²) in [5, 5.41) is 0.457. The second-order valence-corrected chi connectivity index (χ2v) is 3.87. The number of hydrogen-bond donors (Lipinski definition) is 2. The highest BCUT2D eigenvalue weighted by Gasteiger charge is 2.12. The molecule has 0 aliphatic rings. The Balaban J connectivity index is 2.78. The zero-order chi connectivity index (χ0) is 12.1. The quantitative estimate of drug-likeness (QED) is 0.812. The maximum atomic E-state index is 10.8. The van der Waals surface area contributed by atoms with Crippen LogP contribution >= 0.6 is 11.6 Å². The van der Waals surface area contributed by atoms with Crippen molar-refractivity contribution in [2.24, 2.45) is 11.5 Å². The highest BCUT2D eigenvalue weighted by molar-refractivity contribution is 6.32. The second kappa shape index (κ2) is 5.72. The molecule has 0 heterocycles. The van der Waals surface area contributed by atoms with Gasteiger partial charge < -0.3 is 16.2 Å². The van der Waals surface area contributed by atoms with Crippen molar-refractivity contribution in [3.63, 3.8) is 0 Å². The number of ether oxygens (including phenoxy) is 1. The summed E-state index contributed by atoms with van der Waals surface area (Å²) < 4.78 is 5.30. The molecule has 1 aromatic rings. The van der Waals surface area contributed by atoms with E-state index in [0.29, 0.717) is 17.3 Å². The first-order chi connectivity index (χ1) is 7.54. The van der Waals surface area contributed by atoms with Crippen molar-refractivity contribution < 1.29 is 9.53 Å². The van der Waals surface area contributed by atoms with Gasteiger partial charge in [-0.1, -0.05) is 17.7 Å². The van der Waals surface area contributed by atoms with Crippen molar-refractivity contribution in [2.75, 3.05) is 6.54 Å². The molecule has 0 fully saturated rings. The number of carbonyl (C=O) groups excluding carboxylic acids is 1. The molecule has 0 saturated heterocycles. The highest BCUT2D eigenvalue weighted by Crippen LogP contribution is 2.26. The van der Waals surface area contributed by atoms with Crippen LogP contribution in [0.4, 0.5) is 0 Å². The molecule has 1 unspecified atom stereocenters. The largest absolute Gasteiger partial charge is 0.479 e. The van der Waals surface area contributed by atoms with Gasteiger partial charge in [-0.2, -0.15) is 0 Å². The van der Waals surface area contributed by atoms with Crippen LogP contribution in [0.1, 0.15) is 12.5 Å². The Kier molecular flexibility index (Phi) is 4.58. The number of halogens is 1. The molecule has 1 rings (SSSR count). The van der Waals surface area contributed by atoms with Crippen molar-refractivity contribution in [2.45, 2.75) is 19.4 Å². The van der Waals surface area contributed by atoms with E-state index in [1.54, 1.807) is 19.1 Å². The van der Waals surface area contributed by atoms with Crippen molar-refractivity contribution in [3.8, 4) is 5.75 Å². The van der Waals surface area contributed by atoms with Gasteiger partial charge in [-0.25, -0.2) is 0 Å². The Morgan fingerprint density at radius 2 is 2.25 bits per heavy atom. The zero-order valence-electron chi connectivity index (χ0n) is 9.07. The second-order valence-electron chi connectivity index (χ2n) is 3.47. The summed E-state index contributed by atoms with van der Waals surface area (Å²) in [6.07, 6.45) is 0.0589. The lowest BCUT2D eigenvalue weighted by Gasteiger charge is -2.13. The van der Waals surface area contributed by atoms with E-state index in [1.165, 1.54) is 0 Å². The summed E-state index contributed by atoms with van der Waals surface area (Å²) in [5.41, 5.74) is 11.6. The molecule has 0 spiro atoms. The number of nitrogens with two attached hydrogens (primary N) is 2. The Morgan fingerprint density at radius 3 is 2.75 bits per heavy atom. The topological polar surface area (TPSA) is 78.3 Å². The minimum absolute atomic E-state index is 0.453. The van der Waals surface area contributed by atoms with E-state index in [9.17, 15) is 4.79 Å². The molecule has 16 heavy (non-hydrogen) atoms. The molecule has 5 heteroatoms. The van der Waals surface area contributed by atoms with Gasteiger partial charge in [-0.15, -0.1) is 0 Å².